The van der Waals surface area contributed by atoms with E-state index in [2.05, 4.69) is 193 Å². The number of anilines is 3. The summed E-state index contributed by atoms with van der Waals surface area (Å²) in [6, 6.07) is 71.5. The Labute approximate surface area is 328 Å². The topological polar surface area (TPSA) is 29.5 Å². The lowest BCUT2D eigenvalue weighted by molar-refractivity contribution is 0.670. The normalized spacial score (nSPS) is 11.9. The molecule has 0 saturated heterocycles. The number of hydrogen-bond donors (Lipinski definition) is 0. The van der Waals surface area contributed by atoms with Crippen LogP contribution in [-0.4, -0.2) is 0 Å². The zero-order valence-electron chi connectivity index (χ0n) is 30.8. The van der Waals surface area contributed by atoms with Crippen molar-refractivity contribution in [3.05, 3.63) is 200 Å². The highest BCUT2D eigenvalue weighted by molar-refractivity contribution is 6.23. The standard InChI is InChI=1S/C54H33NO2/c1-2-13-35(14-3-1)41-22-12-23-45-47-31-36(27-30-51(47)56-53(41)45)34-25-28-39(29-26-34)55(48-32-37-15-4-6-17-40(37)43-19-8-9-20-44(43)48)49-33-38-16-5-7-18-42(38)54-52(49)46-21-10-11-24-50(46)57-54/h1-33H. The minimum absolute atomic E-state index is 0.877. The molecule has 266 valence electrons. The average molecular weight is 728 g/mol. The van der Waals surface area contributed by atoms with Gasteiger partial charge in [-0.2, -0.15) is 0 Å². The zero-order valence-corrected chi connectivity index (χ0v) is 30.8. The quantitative estimate of drug-likeness (QED) is 0.165. The van der Waals surface area contributed by atoms with Crippen molar-refractivity contribution in [2.75, 3.05) is 4.90 Å². The lowest BCUT2D eigenvalue weighted by Gasteiger charge is -2.29. The van der Waals surface area contributed by atoms with Crippen LogP contribution in [0.15, 0.2) is 209 Å². The molecule has 0 spiro atoms. The molecule has 0 aliphatic rings. The predicted molar refractivity (Wildman–Crippen MR) is 239 cm³/mol. The molecule has 0 fully saturated rings. The largest absolute Gasteiger partial charge is 0.455 e. The van der Waals surface area contributed by atoms with Gasteiger partial charge < -0.3 is 13.7 Å². The van der Waals surface area contributed by atoms with Gasteiger partial charge in [0.05, 0.1) is 16.8 Å². The highest BCUT2D eigenvalue weighted by Gasteiger charge is 2.24. The van der Waals surface area contributed by atoms with Gasteiger partial charge in [-0.05, 0) is 80.7 Å². The maximum atomic E-state index is 6.72. The molecule has 0 saturated carbocycles. The maximum Gasteiger partial charge on any atom is 0.145 e. The molecular formula is C54H33NO2. The number of hydrogen-bond acceptors (Lipinski definition) is 3. The first kappa shape index (κ1) is 31.7. The molecule has 2 heterocycles. The van der Waals surface area contributed by atoms with Crippen molar-refractivity contribution in [2.45, 2.75) is 0 Å². The van der Waals surface area contributed by atoms with E-state index in [-0.39, 0.29) is 0 Å². The third-order valence-corrected chi connectivity index (χ3v) is 11.6. The van der Waals surface area contributed by atoms with Crippen LogP contribution in [0.3, 0.4) is 0 Å². The molecule has 12 rings (SSSR count). The molecule has 0 aliphatic carbocycles. The number of furan rings is 2. The smallest absolute Gasteiger partial charge is 0.145 e. The first-order valence-corrected chi connectivity index (χ1v) is 19.4. The fourth-order valence-electron chi connectivity index (χ4n) is 8.97. The van der Waals surface area contributed by atoms with E-state index in [1.165, 1.54) is 21.5 Å². The fraction of sp³-hybridized carbons (Fsp3) is 0. The van der Waals surface area contributed by atoms with Gasteiger partial charge in [0.1, 0.15) is 22.3 Å². The molecule has 10 aromatic carbocycles. The Bertz CT molecular complexity index is 3520. The summed E-state index contributed by atoms with van der Waals surface area (Å²) in [5.74, 6) is 0. The third kappa shape index (κ3) is 4.92. The van der Waals surface area contributed by atoms with Crippen molar-refractivity contribution >= 4 is 93.3 Å². The van der Waals surface area contributed by atoms with Crippen LogP contribution in [0.4, 0.5) is 17.1 Å². The van der Waals surface area contributed by atoms with Crippen LogP contribution < -0.4 is 4.90 Å². The second kappa shape index (κ2) is 12.5. The van der Waals surface area contributed by atoms with Crippen LogP contribution in [-0.2, 0) is 0 Å². The van der Waals surface area contributed by atoms with E-state index in [1.807, 2.05) is 12.1 Å². The highest BCUT2D eigenvalue weighted by atomic mass is 16.3. The van der Waals surface area contributed by atoms with Gasteiger partial charge in [-0.1, -0.05) is 158 Å². The van der Waals surface area contributed by atoms with Gasteiger partial charge in [-0.15, -0.1) is 0 Å². The van der Waals surface area contributed by atoms with Crippen LogP contribution in [0, 0.1) is 0 Å². The third-order valence-electron chi connectivity index (χ3n) is 11.6. The van der Waals surface area contributed by atoms with E-state index in [9.17, 15) is 0 Å². The second-order valence-corrected chi connectivity index (χ2v) is 14.8. The Morgan fingerprint density at radius 3 is 1.74 bits per heavy atom. The maximum absolute atomic E-state index is 6.72. The molecule has 0 atom stereocenters. The Kier molecular flexibility index (Phi) is 6.93. The average Bonchev–Trinajstić information content (AvgIpc) is 3.86. The first-order valence-electron chi connectivity index (χ1n) is 19.4. The summed E-state index contributed by atoms with van der Waals surface area (Å²) in [4.78, 5) is 2.44. The zero-order chi connectivity index (χ0) is 37.5. The van der Waals surface area contributed by atoms with Gasteiger partial charge in [-0.3, -0.25) is 0 Å². The molecule has 0 amide bonds. The summed E-state index contributed by atoms with van der Waals surface area (Å²) in [5.41, 5.74) is 11.3. The number of rotatable bonds is 5. The SMILES string of the molecule is c1ccc(-c2cccc3c2oc2ccc(-c4ccc(N(c5cc6ccccc6c6ccccc56)c5cc6ccccc6c6oc7ccccc7c56)cc4)cc23)cc1. The molecule has 12 aromatic rings. The van der Waals surface area contributed by atoms with E-state index in [4.69, 9.17) is 8.83 Å². The summed E-state index contributed by atoms with van der Waals surface area (Å²) >= 11 is 0. The number of benzene rings is 10. The number of fused-ring (bicyclic) bond motifs is 11. The highest BCUT2D eigenvalue weighted by Crippen LogP contribution is 2.49. The molecule has 2 aromatic heterocycles. The fourth-order valence-corrected chi connectivity index (χ4v) is 8.97. The Morgan fingerprint density at radius 1 is 0.316 bits per heavy atom. The van der Waals surface area contributed by atoms with Gasteiger partial charge in [0.25, 0.3) is 0 Å². The number of nitrogens with zero attached hydrogens (tertiary/aromatic N) is 1. The summed E-state index contributed by atoms with van der Waals surface area (Å²) in [5, 5.41) is 11.5. The summed E-state index contributed by atoms with van der Waals surface area (Å²) < 4.78 is 13.2. The molecule has 0 radical (unpaired) electrons. The van der Waals surface area contributed by atoms with Gasteiger partial charge >= 0.3 is 0 Å². The predicted octanol–water partition coefficient (Wildman–Crippen LogP) is 15.7. The molecule has 3 heteroatoms. The van der Waals surface area contributed by atoms with E-state index in [1.54, 1.807) is 0 Å². The van der Waals surface area contributed by atoms with Crippen molar-refractivity contribution in [1.29, 1.82) is 0 Å². The van der Waals surface area contributed by atoms with E-state index in [0.29, 0.717) is 0 Å². The van der Waals surface area contributed by atoms with E-state index in [0.717, 1.165) is 94.0 Å². The van der Waals surface area contributed by atoms with Crippen LogP contribution >= 0.6 is 0 Å². The van der Waals surface area contributed by atoms with Crippen LogP contribution in [0.2, 0.25) is 0 Å². The Balaban J connectivity index is 1.08. The molecular weight excluding hydrogens is 695 g/mol. The minimum Gasteiger partial charge on any atom is -0.455 e. The van der Waals surface area contributed by atoms with Gasteiger partial charge in [0, 0.05) is 38.2 Å². The monoisotopic (exact) mass is 727 g/mol. The Hall–Kier alpha value is -7.62. The molecule has 3 nitrogen and oxygen atoms in total. The Morgan fingerprint density at radius 2 is 0.912 bits per heavy atom. The summed E-state index contributed by atoms with van der Waals surface area (Å²) in [6.45, 7) is 0. The molecule has 0 aliphatic heterocycles. The molecule has 0 bridgehead atoms. The van der Waals surface area contributed by atoms with E-state index >= 15 is 0 Å². The lowest BCUT2D eigenvalue weighted by atomic mass is 9.97. The molecule has 0 N–H and O–H groups in total. The van der Waals surface area contributed by atoms with Crippen LogP contribution in [0.25, 0.3) is 98.4 Å². The lowest BCUT2D eigenvalue weighted by Crippen LogP contribution is -2.11. The van der Waals surface area contributed by atoms with Crippen LogP contribution in [0.1, 0.15) is 0 Å². The summed E-state index contributed by atoms with van der Waals surface area (Å²) in [6.07, 6.45) is 0. The van der Waals surface area contributed by atoms with Crippen molar-refractivity contribution in [2.24, 2.45) is 0 Å². The van der Waals surface area contributed by atoms with Gasteiger partial charge in [0.15, 0.2) is 0 Å². The van der Waals surface area contributed by atoms with Gasteiger partial charge in [0.2, 0.25) is 0 Å². The van der Waals surface area contributed by atoms with Crippen molar-refractivity contribution in [1.82, 2.24) is 0 Å². The minimum atomic E-state index is 0.877. The summed E-state index contributed by atoms with van der Waals surface area (Å²) in [7, 11) is 0. The van der Waals surface area contributed by atoms with Crippen LogP contribution in [0.5, 0.6) is 0 Å². The van der Waals surface area contributed by atoms with Gasteiger partial charge in [-0.25, -0.2) is 0 Å². The number of para-hydroxylation sites is 2. The van der Waals surface area contributed by atoms with Crippen molar-refractivity contribution < 1.29 is 8.83 Å². The van der Waals surface area contributed by atoms with E-state index < -0.39 is 0 Å². The molecule has 0 unspecified atom stereocenters. The first-order chi connectivity index (χ1) is 28.3. The second-order valence-electron chi connectivity index (χ2n) is 14.8. The van der Waals surface area contributed by atoms with Crippen molar-refractivity contribution in [3.63, 3.8) is 0 Å². The molecule has 57 heavy (non-hydrogen) atoms. The van der Waals surface area contributed by atoms with Crippen molar-refractivity contribution in [3.8, 4) is 22.3 Å².